The van der Waals surface area contributed by atoms with Crippen LogP contribution in [0.1, 0.15) is 165 Å². The fourth-order valence-corrected chi connectivity index (χ4v) is 14.6. The van der Waals surface area contributed by atoms with Crippen molar-refractivity contribution >= 4 is 8.80 Å². The molecule has 4 unspecified atom stereocenters. The maximum absolute atomic E-state index is 6.96. The molecule has 5 aliphatic carbocycles. The van der Waals surface area contributed by atoms with E-state index in [1.807, 2.05) is 22.8 Å². The van der Waals surface area contributed by atoms with Gasteiger partial charge in [-0.1, -0.05) is 171 Å². The zero-order valence-electron chi connectivity index (χ0n) is 36.5. The summed E-state index contributed by atoms with van der Waals surface area (Å²) in [6, 6.07) is 7.79. The lowest BCUT2D eigenvalue weighted by Gasteiger charge is -2.53. The Morgan fingerprint density at radius 3 is 1.96 bits per heavy atom. The van der Waals surface area contributed by atoms with E-state index in [1.54, 1.807) is 16.7 Å². The zero-order chi connectivity index (χ0) is 38.6. The van der Waals surface area contributed by atoms with Crippen LogP contribution in [0.15, 0.2) is 70.4 Å². The summed E-state index contributed by atoms with van der Waals surface area (Å²) in [6.07, 6.45) is 13.4. The van der Waals surface area contributed by atoms with Crippen LogP contribution in [-0.4, -0.2) is 15.4 Å². The Balaban J connectivity index is 1.78. The molecule has 2 heteroatoms. The first-order valence-corrected chi connectivity index (χ1v) is 23.1. The van der Waals surface area contributed by atoms with Crippen LogP contribution in [0, 0.1) is 33.5 Å². The van der Waals surface area contributed by atoms with Gasteiger partial charge < -0.3 is 4.74 Å². The van der Waals surface area contributed by atoms with Crippen LogP contribution < -0.4 is 4.74 Å². The van der Waals surface area contributed by atoms with Gasteiger partial charge in [0.2, 0.25) is 0 Å². The van der Waals surface area contributed by atoms with E-state index in [4.69, 9.17) is 4.74 Å². The minimum atomic E-state index is -0.645. The molecule has 1 radical (unpaired) electrons. The lowest BCUT2D eigenvalue weighted by molar-refractivity contribution is 0.185. The molecule has 1 nitrogen and oxygen atoms in total. The molecule has 0 aromatic heterocycles. The predicted molar refractivity (Wildman–Crippen MR) is 228 cm³/mol. The van der Waals surface area contributed by atoms with Gasteiger partial charge in [-0.15, -0.1) is 0 Å². The summed E-state index contributed by atoms with van der Waals surface area (Å²) in [4.78, 5) is 0. The fraction of sp³-hybridized carbons (Fsp3) is 0.680. The molecule has 0 amide bonds. The highest BCUT2D eigenvalue weighted by atomic mass is 28.3. The second-order valence-corrected chi connectivity index (χ2v) is 25.7. The quantitative estimate of drug-likeness (QED) is 0.201. The molecular weight excluding hydrogens is 645 g/mol. The lowest BCUT2D eigenvalue weighted by atomic mass is 9.52. The van der Waals surface area contributed by atoms with Gasteiger partial charge >= 0.3 is 0 Å². The number of hydrogen-bond acceptors (Lipinski definition) is 1. The van der Waals surface area contributed by atoms with E-state index in [0.717, 1.165) is 12.2 Å². The molecule has 0 bridgehead atoms. The van der Waals surface area contributed by atoms with Gasteiger partial charge in [0.05, 0.1) is 8.80 Å². The van der Waals surface area contributed by atoms with Crippen molar-refractivity contribution in [1.82, 2.24) is 0 Å². The van der Waals surface area contributed by atoms with Crippen molar-refractivity contribution in [3.05, 3.63) is 87.1 Å². The van der Waals surface area contributed by atoms with Crippen LogP contribution in [0.3, 0.4) is 0 Å². The summed E-state index contributed by atoms with van der Waals surface area (Å²) in [7, 11) is -0.645. The topological polar surface area (TPSA) is 9.23 Å². The third-order valence-electron chi connectivity index (χ3n) is 14.1. The van der Waals surface area contributed by atoms with E-state index in [9.17, 15) is 0 Å². The average molecular weight is 720 g/mol. The number of rotatable bonds is 7. The first-order valence-electron chi connectivity index (χ1n) is 21.1. The van der Waals surface area contributed by atoms with Crippen molar-refractivity contribution < 1.29 is 4.74 Å². The van der Waals surface area contributed by atoms with Gasteiger partial charge in [-0.3, -0.25) is 0 Å². The van der Waals surface area contributed by atoms with E-state index in [2.05, 4.69) is 142 Å². The van der Waals surface area contributed by atoms with Crippen LogP contribution in [0.5, 0.6) is 5.75 Å². The molecule has 1 saturated carbocycles. The summed E-state index contributed by atoms with van der Waals surface area (Å²) >= 11 is 0. The van der Waals surface area contributed by atoms with Crippen molar-refractivity contribution in [2.24, 2.45) is 33.5 Å². The monoisotopic (exact) mass is 720 g/mol. The van der Waals surface area contributed by atoms with Gasteiger partial charge in [0, 0.05) is 27.9 Å². The lowest BCUT2D eigenvalue weighted by Crippen LogP contribution is -2.42. The first kappa shape index (κ1) is 39.6. The summed E-state index contributed by atoms with van der Waals surface area (Å²) in [5, 5.41) is 0. The molecule has 285 valence electrons. The van der Waals surface area contributed by atoms with Gasteiger partial charge in [-0.05, 0) is 99.0 Å². The fourth-order valence-electron chi connectivity index (χ4n) is 11.6. The largest absolute Gasteiger partial charge is 0.489 e. The van der Waals surface area contributed by atoms with Crippen molar-refractivity contribution in [2.75, 3.05) is 6.61 Å². The molecule has 1 fully saturated rings. The number of benzene rings is 1. The summed E-state index contributed by atoms with van der Waals surface area (Å²) < 4.78 is 6.96. The Labute approximate surface area is 322 Å². The average Bonchev–Trinajstić information content (AvgIpc) is 3.34. The number of allylic oxidation sites excluding steroid dienone is 8. The van der Waals surface area contributed by atoms with E-state index in [0.29, 0.717) is 35.3 Å². The number of ether oxygens (including phenoxy) is 1. The highest BCUT2D eigenvalue weighted by Crippen LogP contribution is 2.71. The van der Waals surface area contributed by atoms with Crippen molar-refractivity contribution in [2.45, 2.75) is 177 Å². The minimum absolute atomic E-state index is 0.00871. The Morgan fingerprint density at radius 1 is 0.788 bits per heavy atom. The standard InChI is InChI=1S/C50H75OSi/c1-18-25-51-43-33(26-31(45(4,5)6)27-37(43)46(7,8)9)35-29-48(12,13)30-36-38(35)40-39(44(36)52(19-2)20-3)34-28-47(10,11)22-21-32(34)41-42(40)50(16,17)24-23-49(41,14)15/h18,23-24,26-27,34-35,39,44H,1,19-22,25,28-30H2,2-17H3. The molecule has 6 rings (SSSR count). The van der Waals surface area contributed by atoms with Gasteiger partial charge in [0.25, 0.3) is 0 Å². The zero-order valence-corrected chi connectivity index (χ0v) is 37.5. The van der Waals surface area contributed by atoms with E-state index in [1.165, 1.54) is 54.5 Å². The first-order chi connectivity index (χ1) is 23.9. The summed E-state index contributed by atoms with van der Waals surface area (Å²) in [5.41, 5.74) is 16.2. The van der Waals surface area contributed by atoms with Crippen molar-refractivity contribution in [1.29, 1.82) is 0 Å². The predicted octanol–water partition coefficient (Wildman–Crippen LogP) is 14.6. The Hall–Kier alpha value is -2.06. The van der Waals surface area contributed by atoms with E-state index < -0.39 is 8.80 Å². The van der Waals surface area contributed by atoms with Crippen LogP contribution >= 0.6 is 0 Å². The second-order valence-electron chi connectivity index (χ2n) is 22.4. The van der Waals surface area contributed by atoms with Crippen LogP contribution in [-0.2, 0) is 10.8 Å². The van der Waals surface area contributed by atoms with Crippen LogP contribution in [0.2, 0.25) is 17.6 Å². The Bertz CT molecular complexity index is 1730. The molecule has 0 N–H and O–H groups in total. The Morgan fingerprint density at radius 2 is 1.40 bits per heavy atom. The summed E-state index contributed by atoms with van der Waals surface area (Å²) in [6.45, 7) is 44.5. The van der Waals surface area contributed by atoms with Gasteiger partial charge in [0.1, 0.15) is 12.4 Å². The highest BCUT2D eigenvalue weighted by molar-refractivity contribution is 6.61. The van der Waals surface area contributed by atoms with E-state index >= 15 is 0 Å². The molecule has 1 aromatic carbocycles. The van der Waals surface area contributed by atoms with Crippen LogP contribution in [0.4, 0.5) is 0 Å². The SMILES string of the molecule is C=CCOc1c(C2CC(C)(C)CC3=C2C2=C4C(=C5CCC(C)(C)CC5C2C3[Si](CC)CC)C(C)(C)C=CC4(C)C)cc(C(C)(C)C)cc1C(C)(C)C. The van der Waals surface area contributed by atoms with E-state index in [-0.39, 0.29) is 27.1 Å². The minimum Gasteiger partial charge on any atom is -0.489 e. The maximum Gasteiger partial charge on any atom is 0.127 e. The molecule has 52 heavy (non-hydrogen) atoms. The smallest absolute Gasteiger partial charge is 0.127 e. The van der Waals surface area contributed by atoms with Crippen molar-refractivity contribution in [3.63, 3.8) is 0 Å². The molecule has 1 aromatic rings. The molecule has 5 aliphatic rings. The van der Waals surface area contributed by atoms with Gasteiger partial charge in [-0.2, -0.15) is 0 Å². The normalized spacial score (nSPS) is 28.8. The van der Waals surface area contributed by atoms with Crippen LogP contribution in [0.25, 0.3) is 0 Å². The second kappa shape index (κ2) is 13.0. The molecule has 0 spiro atoms. The third-order valence-corrected chi connectivity index (χ3v) is 17.5. The molecule has 0 heterocycles. The molecule has 4 atom stereocenters. The molecule has 0 saturated heterocycles. The van der Waals surface area contributed by atoms with Crippen molar-refractivity contribution in [3.8, 4) is 5.75 Å². The molecule has 0 aliphatic heterocycles. The van der Waals surface area contributed by atoms with Gasteiger partial charge in [0.15, 0.2) is 0 Å². The summed E-state index contributed by atoms with van der Waals surface area (Å²) in [5.74, 6) is 2.68. The highest BCUT2D eigenvalue weighted by Gasteiger charge is 2.58. The number of hydrogen-bond donors (Lipinski definition) is 0. The maximum atomic E-state index is 6.96. The molecular formula is C50H75OSi. The Kier molecular flexibility index (Phi) is 9.92. The third kappa shape index (κ3) is 6.66. The number of fused-ring (bicyclic) bond motifs is 5. The van der Waals surface area contributed by atoms with Gasteiger partial charge in [-0.25, -0.2) is 0 Å².